The summed E-state index contributed by atoms with van der Waals surface area (Å²) in [5.74, 6) is 0. The normalized spacial score (nSPS) is 10.8. The molecule has 5 nitrogen and oxygen atoms in total. The number of para-hydroxylation sites is 1. The smallest absolute Gasteiger partial charge is 0.0645 e. The maximum atomic E-state index is 4.38. The molecule has 5 heteroatoms. The Morgan fingerprint density at radius 3 is 2.35 bits per heavy atom. The van der Waals surface area contributed by atoms with E-state index in [-0.39, 0.29) is 0 Å². The van der Waals surface area contributed by atoms with Crippen molar-refractivity contribution >= 4 is 0 Å². The largest absolute Gasteiger partial charge is 0.308 e. The van der Waals surface area contributed by atoms with Crippen LogP contribution in [0.25, 0.3) is 5.69 Å². The molecule has 20 heavy (non-hydrogen) atoms. The summed E-state index contributed by atoms with van der Waals surface area (Å²) in [6.45, 7) is 1.60. The summed E-state index contributed by atoms with van der Waals surface area (Å²) in [6, 6.07) is 10.1. The molecule has 0 spiro atoms. The molecule has 0 radical (unpaired) electrons. The molecule has 2 heterocycles. The Kier molecular flexibility index (Phi) is 3.60. The van der Waals surface area contributed by atoms with E-state index in [1.165, 1.54) is 5.56 Å². The number of hydrogen-bond acceptors (Lipinski definition) is 3. The van der Waals surface area contributed by atoms with Crippen molar-refractivity contribution in [2.75, 3.05) is 0 Å². The zero-order valence-corrected chi connectivity index (χ0v) is 11.4. The van der Waals surface area contributed by atoms with E-state index in [9.17, 15) is 0 Å². The number of benzene rings is 1. The van der Waals surface area contributed by atoms with Crippen LogP contribution >= 0.6 is 0 Å². The Labute approximate surface area is 117 Å². The number of rotatable bonds is 5. The molecule has 0 saturated heterocycles. The summed E-state index contributed by atoms with van der Waals surface area (Å²) in [6.07, 6.45) is 7.83. The van der Waals surface area contributed by atoms with E-state index in [2.05, 4.69) is 15.5 Å². The lowest BCUT2D eigenvalue weighted by Crippen LogP contribution is -2.11. The Bertz CT molecular complexity index is 668. The highest BCUT2D eigenvalue weighted by Gasteiger charge is 2.01. The Morgan fingerprint density at radius 2 is 1.65 bits per heavy atom. The molecule has 3 aromatic rings. The van der Waals surface area contributed by atoms with Gasteiger partial charge in [0.1, 0.15) is 0 Å². The number of hydrogen-bond donors (Lipinski definition) is 1. The van der Waals surface area contributed by atoms with Gasteiger partial charge in [-0.2, -0.15) is 10.2 Å². The van der Waals surface area contributed by atoms with Crippen molar-refractivity contribution in [3.8, 4) is 5.69 Å². The summed E-state index contributed by atoms with van der Waals surface area (Å²) in [5.41, 5.74) is 3.42. The monoisotopic (exact) mass is 267 g/mol. The fourth-order valence-corrected chi connectivity index (χ4v) is 2.09. The first-order valence-corrected chi connectivity index (χ1v) is 6.58. The fourth-order valence-electron chi connectivity index (χ4n) is 2.09. The summed E-state index contributed by atoms with van der Waals surface area (Å²) >= 11 is 0. The molecule has 0 aliphatic heterocycles. The molecule has 0 unspecified atom stereocenters. The van der Waals surface area contributed by atoms with Gasteiger partial charge < -0.3 is 5.32 Å². The minimum Gasteiger partial charge on any atom is -0.308 e. The van der Waals surface area contributed by atoms with Gasteiger partial charge in [-0.05, 0) is 12.1 Å². The Hall–Kier alpha value is -2.40. The van der Waals surface area contributed by atoms with Gasteiger partial charge in [0.05, 0.1) is 18.1 Å². The highest BCUT2D eigenvalue weighted by Crippen LogP contribution is 2.07. The second-order valence-corrected chi connectivity index (χ2v) is 4.75. The molecule has 102 valence electrons. The number of aryl methyl sites for hydroxylation is 1. The van der Waals surface area contributed by atoms with Gasteiger partial charge in [0, 0.05) is 43.7 Å². The summed E-state index contributed by atoms with van der Waals surface area (Å²) in [5, 5.41) is 11.9. The van der Waals surface area contributed by atoms with Crippen LogP contribution in [0.5, 0.6) is 0 Å². The summed E-state index contributed by atoms with van der Waals surface area (Å²) < 4.78 is 3.70. The van der Waals surface area contributed by atoms with E-state index < -0.39 is 0 Å². The molecule has 1 N–H and O–H groups in total. The molecular formula is C15H17N5. The first-order valence-electron chi connectivity index (χ1n) is 6.58. The summed E-state index contributed by atoms with van der Waals surface area (Å²) in [4.78, 5) is 0. The van der Waals surface area contributed by atoms with Crippen LogP contribution in [0.1, 0.15) is 11.1 Å². The minimum absolute atomic E-state index is 0.793. The molecule has 0 aliphatic rings. The lowest BCUT2D eigenvalue weighted by Gasteiger charge is -2.01. The van der Waals surface area contributed by atoms with Crippen LogP contribution in [0.3, 0.4) is 0 Å². The second-order valence-electron chi connectivity index (χ2n) is 4.75. The van der Waals surface area contributed by atoms with E-state index in [0.717, 1.165) is 24.3 Å². The van der Waals surface area contributed by atoms with Crippen LogP contribution in [0, 0.1) is 0 Å². The zero-order chi connectivity index (χ0) is 13.8. The third-order valence-corrected chi connectivity index (χ3v) is 3.07. The van der Waals surface area contributed by atoms with E-state index in [1.807, 2.05) is 71.5 Å². The van der Waals surface area contributed by atoms with Crippen LogP contribution in [-0.2, 0) is 20.1 Å². The zero-order valence-electron chi connectivity index (χ0n) is 11.4. The molecule has 0 amide bonds. The molecule has 2 aromatic heterocycles. The van der Waals surface area contributed by atoms with Crippen LogP contribution in [0.15, 0.2) is 55.1 Å². The standard InChI is InChI=1S/C15H17N5/c1-19-11-13(9-17-19)7-16-8-14-10-18-20(12-14)15-5-3-2-4-6-15/h2-6,9-12,16H,7-8H2,1H3. The molecule has 0 bridgehead atoms. The molecule has 0 fully saturated rings. The van der Waals surface area contributed by atoms with Crippen molar-refractivity contribution in [1.82, 2.24) is 24.9 Å². The predicted octanol–water partition coefficient (Wildman–Crippen LogP) is 1.90. The van der Waals surface area contributed by atoms with Gasteiger partial charge in [-0.3, -0.25) is 4.68 Å². The first-order chi connectivity index (χ1) is 9.81. The van der Waals surface area contributed by atoms with E-state index in [0.29, 0.717) is 0 Å². The van der Waals surface area contributed by atoms with Crippen molar-refractivity contribution in [1.29, 1.82) is 0 Å². The molecule has 0 atom stereocenters. The third kappa shape index (κ3) is 2.95. The van der Waals surface area contributed by atoms with Crippen molar-refractivity contribution in [3.05, 3.63) is 66.2 Å². The Balaban J connectivity index is 1.58. The minimum atomic E-state index is 0.793. The SMILES string of the molecule is Cn1cc(CNCc2cnn(-c3ccccc3)c2)cn1. The van der Waals surface area contributed by atoms with E-state index in [1.54, 1.807) is 0 Å². The Morgan fingerprint density at radius 1 is 0.950 bits per heavy atom. The van der Waals surface area contributed by atoms with E-state index >= 15 is 0 Å². The average Bonchev–Trinajstić information content (AvgIpc) is 3.09. The van der Waals surface area contributed by atoms with Crippen molar-refractivity contribution < 1.29 is 0 Å². The number of nitrogens with one attached hydrogen (secondary N) is 1. The van der Waals surface area contributed by atoms with Gasteiger partial charge in [0.2, 0.25) is 0 Å². The molecule has 0 saturated carbocycles. The fraction of sp³-hybridized carbons (Fsp3) is 0.200. The lowest BCUT2D eigenvalue weighted by atomic mass is 10.3. The topological polar surface area (TPSA) is 47.7 Å². The van der Waals surface area contributed by atoms with Gasteiger partial charge in [0.25, 0.3) is 0 Å². The maximum absolute atomic E-state index is 4.38. The molecule has 1 aromatic carbocycles. The molecule has 0 aliphatic carbocycles. The second kappa shape index (κ2) is 5.71. The van der Waals surface area contributed by atoms with Crippen LogP contribution in [0.4, 0.5) is 0 Å². The number of nitrogens with zero attached hydrogens (tertiary/aromatic N) is 4. The van der Waals surface area contributed by atoms with E-state index in [4.69, 9.17) is 0 Å². The quantitative estimate of drug-likeness (QED) is 0.768. The third-order valence-electron chi connectivity index (χ3n) is 3.07. The summed E-state index contributed by atoms with van der Waals surface area (Å²) in [7, 11) is 1.92. The molecular weight excluding hydrogens is 250 g/mol. The number of aromatic nitrogens is 4. The van der Waals surface area contributed by atoms with Crippen molar-refractivity contribution in [3.63, 3.8) is 0 Å². The van der Waals surface area contributed by atoms with Gasteiger partial charge in [-0.25, -0.2) is 4.68 Å². The van der Waals surface area contributed by atoms with Gasteiger partial charge >= 0.3 is 0 Å². The van der Waals surface area contributed by atoms with Gasteiger partial charge in [-0.15, -0.1) is 0 Å². The highest BCUT2D eigenvalue weighted by atomic mass is 15.3. The van der Waals surface area contributed by atoms with Crippen molar-refractivity contribution in [2.24, 2.45) is 7.05 Å². The highest BCUT2D eigenvalue weighted by molar-refractivity contribution is 5.30. The lowest BCUT2D eigenvalue weighted by molar-refractivity contribution is 0.691. The van der Waals surface area contributed by atoms with Gasteiger partial charge in [-0.1, -0.05) is 18.2 Å². The van der Waals surface area contributed by atoms with Gasteiger partial charge in [0.15, 0.2) is 0 Å². The predicted molar refractivity (Wildman–Crippen MR) is 77.3 cm³/mol. The average molecular weight is 267 g/mol. The van der Waals surface area contributed by atoms with Crippen molar-refractivity contribution in [2.45, 2.75) is 13.1 Å². The maximum Gasteiger partial charge on any atom is 0.0645 e. The van der Waals surface area contributed by atoms with Crippen LogP contribution in [-0.4, -0.2) is 19.6 Å². The first kappa shape index (κ1) is 12.6. The molecule has 3 rings (SSSR count). The van der Waals surface area contributed by atoms with Crippen LogP contribution in [0.2, 0.25) is 0 Å². The van der Waals surface area contributed by atoms with Crippen LogP contribution < -0.4 is 5.32 Å².